The molecule has 0 saturated heterocycles. The van der Waals surface area contributed by atoms with E-state index in [9.17, 15) is 9.90 Å². The Morgan fingerprint density at radius 3 is 2.86 bits per heavy atom. The second-order valence-corrected chi connectivity index (χ2v) is 2.86. The van der Waals surface area contributed by atoms with Crippen LogP contribution in [0.4, 0.5) is 0 Å². The van der Waals surface area contributed by atoms with Crippen molar-refractivity contribution in [1.82, 2.24) is 0 Å². The summed E-state index contributed by atoms with van der Waals surface area (Å²) in [5.74, 6) is 0.779. The van der Waals surface area contributed by atoms with Crippen LogP contribution in [0.3, 0.4) is 0 Å². The smallest absolute Gasteiger partial charge is 0.235 e. The van der Waals surface area contributed by atoms with Gasteiger partial charge in [0.25, 0.3) is 0 Å². The minimum atomic E-state index is 0.113. The first-order chi connectivity index (χ1) is 6.69. The fourth-order valence-corrected chi connectivity index (χ4v) is 1.18. The van der Waals surface area contributed by atoms with Crippen LogP contribution in [0.5, 0.6) is 11.5 Å². The van der Waals surface area contributed by atoms with Gasteiger partial charge in [-0.1, -0.05) is 0 Å². The maximum atomic E-state index is 9.91. The zero-order chi connectivity index (χ0) is 10.6. The number of benzene rings is 1. The molecule has 1 aromatic rings. The lowest BCUT2D eigenvalue weighted by Gasteiger charge is -2.07. The topological polar surface area (TPSA) is 58.9 Å². The van der Waals surface area contributed by atoms with Gasteiger partial charge in [-0.15, -0.1) is 0 Å². The highest BCUT2D eigenvalue weighted by Crippen LogP contribution is 2.27. The van der Waals surface area contributed by atoms with Crippen molar-refractivity contribution < 1.29 is 14.6 Å². The van der Waals surface area contributed by atoms with Crippen molar-refractivity contribution in [1.29, 1.82) is 0 Å². The number of aryl methyl sites for hydroxylation is 1. The number of carbonyl (C=O) groups excluding carboxylic acids is 1. The Balaban J connectivity index is 3.10. The average molecular weight is 193 g/mol. The standard InChI is InChI=1S/C10H11NO3/c1-7-3-9(13)8(5-11-6-12)4-10(7)14-2/h3-4,13H,5H2,1-2H3. The number of hydrogen-bond donors (Lipinski definition) is 1. The molecule has 1 aromatic carbocycles. The van der Waals surface area contributed by atoms with Gasteiger partial charge >= 0.3 is 0 Å². The highest BCUT2D eigenvalue weighted by molar-refractivity contribution is 5.46. The van der Waals surface area contributed by atoms with Crippen molar-refractivity contribution in [3.05, 3.63) is 23.3 Å². The Bertz CT molecular complexity index is 381. The van der Waals surface area contributed by atoms with Gasteiger partial charge in [0.1, 0.15) is 11.5 Å². The molecule has 4 heteroatoms. The predicted molar refractivity (Wildman–Crippen MR) is 51.2 cm³/mol. The van der Waals surface area contributed by atoms with Crippen LogP contribution >= 0.6 is 0 Å². The fraction of sp³-hybridized carbons (Fsp3) is 0.300. The van der Waals surface area contributed by atoms with Crippen molar-refractivity contribution >= 4 is 6.08 Å². The number of isocyanates is 1. The van der Waals surface area contributed by atoms with Gasteiger partial charge in [0.15, 0.2) is 0 Å². The maximum Gasteiger partial charge on any atom is 0.235 e. The molecule has 0 radical (unpaired) electrons. The quantitative estimate of drug-likeness (QED) is 0.585. The van der Waals surface area contributed by atoms with Crippen molar-refractivity contribution in [2.24, 2.45) is 4.99 Å². The third-order valence-corrected chi connectivity index (χ3v) is 1.91. The molecule has 0 fully saturated rings. The SMILES string of the molecule is COc1cc(CN=C=O)c(O)cc1C. The molecule has 4 nitrogen and oxygen atoms in total. The molecular weight excluding hydrogens is 182 g/mol. The summed E-state index contributed by atoms with van der Waals surface area (Å²) in [5, 5.41) is 9.49. The van der Waals surface area contributed by atoms with E-state index < -0.39 is 0 Å². The fourth-order valence-electron chi connectivity index (χ4n) is 1.18. The zero-order valence-corrected chi connectivity index (χ0v) is 8.07. The molecule has 0 atom stereocenters. The Hall–Kier alpha value is -1.80. The van der Waals surface area contributed by atoms with Crippen molar-refractivity contribution in [2.45, 2.75) is 13.5 Å². The van der Waals surface area contributed by atoms with Gasteiger partial charge in [-0.05, 0) is 24.6 Å². The first-order valence-corrected chi connectivity index (χ1v) is 4.09. The summed E-state index contributed by atoms with van der Waals surface area (Å²) in [5.41, 5.74) is 1.39. The molecule has 0 saturated carbocycles. The number of hydrogen-bond acceptors (Lipinski definition) is 4. The summed E-state index contributed by atoms with van der Waals surface area (Å²) >= 11 is 0. The summed E-state index contributed by atoms with van der Waals surface area (Å²) < 4.78 is 5.07. The van der Waals surface area contributed by atoms with Crippen LogP contribution in [-0.2, 0) is 11.3 Å². The maximum absolute atomic E-state index is 9.91. The molecule has 0 aliphatic rings. The first kappa shape index (κ1) is 10.3. The summed E-state index contributed by atoms with van der Waals surface area (Å²) in [6.45, 7) is 1.94. The van der Waals surface area contributed by atoms with Crippen LogP contribution < -0.4 is 4.74 Å². The van der Waals surface area contributed by atoms with Gasteiger partial charge in [-0.2, -0.15) is 0 Å². The summed E-state index contributed by atoms with van der Waals surface area (Å²) in [4.78, 5) is 13.3. The van der Waals surface area contributed by atoms with Gasteiger partial charge in [0.05, 0.1) is 13.7 Å². The molecule has 0 spiro atoms. The Morgan fingerprint density at radius 1 is 1.57 bits per heavy atom. The van der Waals surface area contributed by atoms with E-state index in [-0.39, 0.29) is 12.3 Å². The van der Waals surface area contributed by atoms with E-state index in [0.29, 0.717) is 11.3 Å². The molecule has 14 heavy (non-hydrogen) atoms. The lowest BCUT2D eigenvalue weighted by Crippen LogP contribution is -1.90. The number of phenols is 1. The van der Waals surface area contributed by atoms with E-state index in [2.05, 4.69) is 4.99 Å². The predicted octanol–water partition coefficient (Wildman–Crippen LogP) is 1.55. The van der Waals surface area contributed by atoms with Crippen LogP contribution in [0.1, 0.15) is 11.1 Å². The normalized spacial score (nSPS) is 9.29. The minimum Gasteiger partial charge on any atom is -0.508 e. The molecule has 0 unspecified atom stereocenters. The minimum absolute atomic E-state index is 0.113. The van der Waals surface area contributed by atoms with Gasteiger partial charge in [0.2, 0.25) is 6.08 Å². The molecule has 0 bridgehead atoms. The number of methoxy groups -OCH3 is 1. The van der Waals surface area contributed by atoms with Gasteiger partial charge in [-0.3, -0.25) is 0 Å². The van der Waals surface area contributed by atoms with E-state index >= 15 is 0 Å². The van der Waals surface area contributed by atoms with E-state index in [0.717, 1.165) is 5.56 Å². The second kappa shape index (κ2) is 4.44. The number of ether oxygens (including phenoxy) is 1. The summed E-state index contributed by atoms with van der Waals surface area (Å²) in [7, 11) is 1.55. The number of phenolic OH excluding ortho intramolecular Hbond substituents is 1. The Labute approximate surface area is 81.9 Å². The van der Waals surface area contributed by atoms with E-state index in [4.69, 9.17) is 4.74 Å². The second-order valence-electron chi connectivity index (χ2n) is 2.86. The summed E-state index contributed by atoms with van der Waals surface area (Å²) in [6.07, 6.45) is 1.42. The lowest BCUT2D eigenvalue weighted by atomic mass is 10.1. The summed E-state index contributed by atoms with van der Waals surface area (Å²) in [6, 6.07) is 3.24. The van der Waals surface area contributed by atoms with E-state index in [1.165, 1.54) is 6.08 Å². The Kier molecular flexibility index (Phi) is 3.26. The number of aliphatic imine (C=N–C) groups is 1. The highest BCUT2D eigenvalue weighted by atomic mass is 16.5. The van der Waals surface area contributed by atoms with Crippen LogP contribution in [-0.4, -0.2) is 18.3 Å². The first-order valence-electron chi connectivity index (χ1n) is 4.09. The monoisotopic (exact) mass is 193 g/mol. The molecular formula is C10H11NO3. The number of nitrogens with zero attached hydrogens (tertiary/aromatic N) is 1. The number of rotatable bonds is 3. The van der Waals surface area contributed by atoms with Gasteiger partial charge in [0, 0.05) is 5.56 Å². The molecule has 74 valence electrons. The van der Waals surface area contributed by atoms with Crippen molar-refractivity contribution in [3.8, 4) is 11.5 Å². The largest absolute Gasteiger partial charge is 0.508 e. The van der Waals surface area contributed by atoms with Crippen LogP contribution in [0.15, 0.2) is 17.1 Å². The van der Waals surface area contributed by atoms with Crippen molar-refractivity contribution in [2.75, 3.05) is 7.11 Å². The zero-order valence-electron chi connectivity index (χ0n) is 8.07. The molecule has 0 aliphatic carbocycles. The molecule has 1 rings (SSSR count). The van der Waals surface area contributed by atoms with E-state index in [1.54, 1.807) is 19.2 Å². The lowest BCUT2D eigenvalue weighted by molar-refractivity contribution is 0.407. The Morgan fingerprint density at radius 2 is 2.29 bits per heavy atom. The van der Waals surface area contributed by atoms with Gasteiger partial charge < -0.3 is 9.84 Å². The molecule has 1 N–H and O–H groups in total. The molecule has 0 aromatic heterocycles. The third-order valence-electron chi connectivity index (χ3n) is 1.91. The van der Waals surface area contributed by atoms with Crippen LogP contribution in [0, 0.1) is 6.92 Å². The van der Waals surface area contributed by atoms with Gasteiger partial charge in [-0.25, -0.2) is 9.79 Å². The van der Waals surface area contributed by atoms with Crippen LogP contribution in [0.25, 0.3) is 0 Å². The molecule has 0 amide bonds. The average Bonchev–Trinajstić information content (AvgIpc) is 2.17. The third kappa shape index (κ3) is 2.12. The molecule has 0 aliphatic heterocycles. The van der Waals surface area contributed by atoms with Crippen LogP contribution in [0.2, 0.25) is 0 Å². The van der Waals surface area contributed by atoms with Crippen molar-refractivity contribution in [3.63, 3.8) is 0 Å². The molecule has 0 heterocycles. The van der Waals surface area contributed by atoms with E-state index in [1.807, 2.05) is 6.92 Å². The number of aromatic hydroxyl groups is 1. The highest BCUT2D eigenvalue weighted by Gasteiger charge is 2.06.